The van der Waals surface area contributed by atoms with E-state index < -0.39 is 0 Å². The van der Waals surface area contributed by atoms with Gasteiger partial charge in [0.2, 0.25) is 0 Å². The van der Waals surface area contributed by atoms with Crippen molar-refractivity contribution < 1.29 is 5.48 Å². The van der Waals surface area contributed by atoms with Gasteiger partial charge in [-0.15, -0.1) is 0 Å². The third-order valence-electron chi connectivity index (χ3n) is 0. The minimum absolute atomic E-state index is 0. The van der Waals surface area contributed by atoms with Crippen LogP contribution in [0.5, 0.6) is 0 Å². The summed E-state index contributed by atoms with van der Waals surface area (Å²) in [6.45, 7) is 0. The van der Waals surface area contributed by atoms with Gasteiger partial charge in [0.05, 0.1) is 0 Å². The molecule has 0 atom stereocenters. The van der Waals surface area contributed by atoms with Crippen molar-refractivity contribution >= 4 is 57.8 Å². The Morgan fingerprint density at radius 3 is 0.750 bits per heavy atom. The maximum absolute atomic E-state index is 0. The smallest absolute Gasteiger partial charge is 0.316 e. The standard InChI is InChI=1S/2Al.Mg.H2O.8H/h;;;1H2;;;;;;;;. The van der Waals surface area contributed by atoms with Crippen LogP contribution < -0.4 is 0 Å². The lowest BCUT2D eigenvalue weighted by molar-refractivity contribution is 0.824. The Hall–Kier alpha value is 1.79. The van der Waals surface area contributed by atoms with Crippen molar-refractivity contribution in [2.75, 3.05) is 0 Å². The number of hydrogen-bond acceptors (Lipinski definition) is 0. The van der Waals surface area contributed by atoms with Crippen molar-refractivity contribution in [2.24, 2.45) is 0 Å². The van der Waals surface area contributed by atoms with E-state index in [1.165, 1.54) is 0 Å². The van der Waals surface area contributed by atoms with Gasteiger partial charge in [-0.1, -0.05) is 0 Å². The summed E-state index contributed by atoms with van der Waals surface area (Å²) in [5, 5.41) is 0. The monoisotopic (exact) mass is 104 g/mol. The van der Waals surface area contributed by atoms with Gasteiger partial charge in [-0.25, -0.2) is 0 Å². The second-order valence-electron chi connectivity index (χ2n) is 0. The molecule has 0 heterocycles. The zero-order chi connectivity index (χ0) is 0. The first-order valence-corrected chi connectivity index (χ1v) is 0. The Kier molecular flexibility index (Phi) is 222. The molecule has 0 bridgehead atoms. The van der Waals surface area contributed by atoms with E-state index in [-0.39, 0.29) is 63.3 Å². The highest BCUT2D eigenvalue weighted by molar-refractivity contribution is 5.76. The highest BCUT2D eigenvalue weighted by Gasteiger charge is 0.316. The zero-order valence-corrected chi connectivity index (χ0v) is 0.500. The van der Waals surface area contributed by atoms with Gasteiger partial charge < -0.3 is 5.48 Å². The molecule has 0 saturated heterocycles. The number of rotatable bonds is 0. The van der Waals surface area contributed by atoms with Crippen molar-refractivity contribution in [2.45, 2.75) is 0 Å². The molecule has 2 N–H and O–H groups in total. The molecule has 0 amide bonds. The maximum atomic E-state index is 0. The first-order chi connectivity index (χ1) is 0. The lowest BCUT2D eigenvalue weighted by atomic mass is 16.0. The summed E-state index contributed by atoms with van der Waals surface area (Å²) in [4.78, 5) is 0. The summed E-state index contributed by atoms with van der Waals surface area (Å²) in [5.41, 5.74) is 0. The molecule has 0 saturated carbocycles. The molecule has 0 unspecified atom stereocenters. The van der Waals surface area contributed by atoms with Gasteiger partial charge in [-0.05, 0) is 0 Å². The first-order valence-electron chi connectivity index (χ1n) is 0. The highest BCUT2D eigenvalue weighted by Crippen LogP contribution is -0.289. The van der Waals surface area contributed by atoms with Crippen molar-refractivity contribution in [3.63, 3.8) is 0 Å². The fourth-order valence-corrected chi connectivity index (χ4v) is 0. The Bertz CT molecular complexity index is 6.00. The fraction of sp³-hybridized carbons (Fsp3) is 0. The van der Waals surface area contributed by atoms with Gasteiger partial charge in [0.15, 0.2) is 34.7 Å². The highest BCUT2D eigenvalue weighted by atomic mass is 27.0. The molecule has 0 rings (SSSR count). The van der Waals surface area contributed by atoms with E-state index in [1.807, 2.05) is 0 Å². The molecule has 0 aliphatic rings. The van der Waals surface area contributed by atoms with E-state index in [9.17, 15) is 0 Å². The molecule has 0 spiro atoms. The Morgan fingerprint density at radius 2 is 0.750 bits per heavy atom. The minimum atomic E-state index is 0. The quantitative estimate of drug-likeness (QED) is 0.280. The van der Waals surface area contributed by atoms with E-state index in [4.69, 9.17) is 0 Å². The van der Waals surface area contributed by atoms with Crippen LogP contribution in [0.3, 0.4) is 0 Å². The average molecular weight is 104 g/mol. The van der Waals surface area contributed by atoms with Gasteiger partial charge >= 0.3 is 23.1 Å². The molecular formula is H10Al2MgO. The van der Waals surface area contributed by atoms with Crippen LogP contribution in [0.1, 0.15) is 0 Å². The molecule has 24 valence electrons. The normalized spacial score (nSPS) is 0. The summed E-state index contributed by atoms with van der Waals surface area (Å²) in [6, 6.07) is 0. The summed E-state index contributed by atoms with van der Waals surface area (Å²) in [5.74, 6) is 0. The van der Waals surface area contributed by atoms with E-state index in [2.05, 4.69) is 0 Å². The number of hydrogen-bond donors (Lipinski definition) is 0. The summed E-state index contributed by atoms with van der Waals surface area (Å²) < 4.78 is 0. The molecule has 0 aliphatic heterocycles. The zero-order valence-electron chi connectivity index (χ0n) is 0.500. The van der Waals surface area contributed by atoms with E-state index >= 15 is 0 Å². The molecule has 0 aromatic rings. The van der Waals surface area contributed by atoms with E-state index in [0.717, 1.165) is 0 Å². The Morgan fingerprint density at radius 1 is 0.750 bits per heavy atom. The van der Waals surface area contributed by atoms with Crippen LogP contribution in [0.2, 0.25) is 0 Å². The predicted octanol–water partition coefficient (Wildman–Crippen LogP) is -4.11. The molecule has 0 aromatic carbocycles. The summed E-state index contributed by atoms with van der Waals surface area (Å²) >= 11 is 0. The predicted molar refractivity (Wildman–Crippen MR) is 32.0 cm³/mol. The summed E-state index contributed by atoms with van der Waals surface area (Å²) in [7, 11) is 0. The summed E-state index contributed by atoms with van der Waals surface area (Å²) in [6.07, 6.45) is 0. The van der Waals surface area contributed by atoms with Crippen molar-refractivity contribution in [1.29, 1.82) is 0 Å². The van der Waals surface area contributed by atoms with E-state index in [1.54, 1.807) is 0 Å². The van der Waals surface area contributed by atoms with Gasteiger partial charge in [0.25, 0.3) is 0 Å². The molecule has 0 aromatic heterocycles. The molecular weight excluding hydrogens is 94.3 g/mol. The molecule has 0 radical (unpaired) electrons. The second-order valence-corrected chi connectivity index (χ2v) is 0. The third kappa shape index (κ3) is 9.21. The van der Waals surface area contributed by atoms with Crippen molar-refractivity contribution in [1.82, 2.24) is 0 Å². The molecule has 0 aliphatic carbocycles. The largest absolute Gasteiger partial charge is 0.412 e. The Balaban J connectivity index is 0. The lowest BCUT2D eigenvalue weighted by Crippen LogP contribution is -0.382. The van der Waals surface area contributed by atoms with Gasteiger partial charge in [-0.2, -0.15) is 0 Å². The van der Waals surface area contributed by atoms with Crippen LogP contribution in [-0.4, -0.2) is 63.3 Å². The fourth-order valence-electron chi connectivity index (χ4n) is 0. The van der Waals surface area contributed by atoms with Crippen molar-refractivity contribution in [3.8, 4) is 0 Å². The topological polar surface area (TPSA) is 31.5 Å². The first kappa shape index (κ1) is 41.4. The van der Waals surface area contributed by atoms with Gasteiger partial charge in [0.1, 0.15) is 0 Å². The Labute approximate surface area is 62.9 Å². The lowest BCUT2D eigenvalue weighted by Gasteiger charge is -0.412. The average Bonchev–Trinajstić information content (AvgIpc) is 0. The van der Waals surface area contributed by atoms with Gasteiger partial charge in [-0.3, -0.25) is 0 Å². The van der Waals surface area contributed by atoms with Crippen LogP contribution in [-0.2, 0) is 0 Å². The van der Waals surface area contributed by atoms with Crippen LogP contribution >= 0.6 is 0 Å². The molecule has 0 fully saturated rings. The SMILES string of the molecule is O.[AlH3].[AlH3].[MgH2]. The minimum Gasteiger partial charge on any atom is -0.412 e. The third-order valence-corrected chi connectivity index (χ3v) is 0. The molecule has 1 nitrogen and oxygen atoms in total. The van der Waals surface area contributed by atoms with Crippen LogP contribution in [0.15, 0.2) is 0 Å². The van der Waals surface area contributed by atoms with Crippen molar-refractivity contribution in [3.05, 3.63) is 0 Å². The van der Waals surface area contributed by atoms with Crippen LogP contribution in [0.25, 0.3) is 0 Å². The van der Waals surface area contributed by atoms with Crippen LogP contribution in [0, 0.1) is 0 Å². The van der Waals surface area contributed by atoms with Gasteiger partial charge in [0, 0.05) is 0 Å². The second kappa shape index (κ2) is 21.5. The van der Waals surface area contributed by atoms with Crippen LogP contribution in [0.4, 0.5) is 0 Å². The molecule has 4 heavy (non-hydrogen) atoms. The van der Waals surface area contributed by atoms with E-state index in [0.29, 0.717) is 0 Å². The maximum Gasteiger partial charge on any atom is 0.316 e. The molecule has 4 heteroatoms.